The van der Waals surface area contributed by atoms with Crippen molar-refractivity contribution < 1.29 is 14.4 Å². The lowest BCUT2D eigenvalue weighted by Crippen LogP contribution is -2.73. The third-order valence-corrected chi connectivity index (χ3v) is 8.52. The monoisotopic (exact) mass is 550 g/mol. The molecule has 0 saturated carbocycles. The third-order valence-electron chi connectivity index (χ3n) is 8.52. The summed E-state index contributed by atoms with van der Waals surface area (Å²) in [5.41, 5.74) is 4.02. The maximum absolute atomic E-state index is 13.6. The average molecular weight is 551 g/mol. The van der Waals surface area contributed by atoms with Gasteiger partial charge in [0.1, 0.15) is 11.6 Å². The predicted octanol–water partition coefficient (Wildman–Crippen LogP) is 3.70. The molecule has 2 aliphatic rings. The number of benzene rings is 1. The number of likely N-dealkylation sites (tertiary alicyclic amines) is 1. The normalized spacial score (nSPS) is 19.4. The smallest absolute Gasteiger partial charge is 0.253 e. The second-order valence-electron chi connectivity index (χ2n) is 12.1. The summed E-state index contributed by atoms with van der Waals surface area (Å²) in [6.07, 6.45) is 3.83. The molecule has 4 rings (SSSR count). The molecule has 9 nitrogen and oxygen atoms in total. The molecule has 0 bridgehead atoms. The molecule has 2 fully saturated rings. The Balaban J connectivity index is 1.48. The first-order valence-corrected chi connectivity index (χ1v) is 14.7. The van der Waals surface area contributed by atoms with Crippen LogP contribution in [0.1, 0.15) is 80.2 Å². The number of nitrogens with one attached hydrogen (secondary N) is 1. The second kappa shape index (κ2) is 12.1. The summed E-state index contributed by atoms with van der Waals surface area (Å²) in [5, 5.41) is 7.92. The van der Waals surface area contributed by atoms with Gasteiger partial charge in [-0.2, -0.15) is 5.10 Å². The van der Waals surface area contributed by atoms with Gasteiger partial charge < -0.3 is 15.1 Å². The Morgan fingerprint density at radius 1 is 1.12 bits per heavy atom. The van der Waals surface area contributed by atoms with Crippen LogP contribution in [0.3, 0.4) is 0 Å². The zero-order valence-electron chi connectivity index (χ0n) is 25.3. The predicted molar refractivity (Wildman–Crippen MR) is 156 cm³/mol. The zero-order chi connectivity index (χ0) is 29.2. The molecule has 2 aliphatic heterocycles. The van der Waals surface area contributed by atoms with Gasteiger partial charge in [0.25, 0.3) is 5.91 Å². The van der Waals surface area contributed by atoms with E-state index in [1.807, 2.05) is 40.8 Å². The van der Waals surface area contributed by atoms with E-state index in [2.05, 4.69) is 37.9 Å². The van der Waals surface area contributed by atoms with Gasteiger partial charge in [-0.25, -0.2) is 4.68 Å². The number of amides is 3. The van der Waals surface area contributed by atoms with E-state index in [4.69, 9.17) is 5.10 Å². The summed E-state index contributed by atoms with van der Waals surface area (Å²) in [6.45, 7) is 13.3. The Morgan fingerprint density at radius 3 is 2.35 bits per heavy atom. The Labute approximate surface area is 238 Å². The molecule has 0 aliphatic carbocycles. The third kappa shape index (κ3) is 5.80. The molecule has 1 aromatic heterocycles. The number of nitrogens with zero attached hydrogens (tertiary/aromatic N) is 5. The van der Waals surface area contributed by atoms with E-state index in [0.717, 1.165) is 49.6 Å². The first-order chi connectivity index (χ1) is 19.0. The number of hydrogen-bond acceptors (Lipinski definition) is 5. The number of aryl methyl sites for hydroxylation is 1. The molecular formula is C31H46N6O3. The quantitative estimate of drug-likeness (QED) is 0.514. The molecule has 3 amide bonds. The molecule has 1 aromatic carbocycles. The van der Waals surface area contributed by atoms with Crippen LogP contribution in [0.5, 0.6) is 0 Å². The van der Waals surface area contributed by atoms with Crippen molar-refractivity contribution in [3.8, 4) is 5.69 Å². The first kappa shape index (κ1) is 29.8. The van der Waals surface area contributed by atoms with E-state index in [0.29, 0.717) is 37.3 Å². The molecule has 2 saturated heterocycles. The van der Waals surface area contributed by atoms with Gasteiger partial charge in [0.15, 0.2) is 0 Å². The highest BCUT2D eigenvalue weighted by Crippen LogP contribution is 2.35. The van der Waals surface area contributed by atoms with Crippen LogP contribution in [0.4, 0.5) is 0 Å². The van der Waals surface area contributed by atoms with Gasteiger partial charge in [0.05, 0.1) is 11.4 Å². The molecule has 0 unspecified atom stereocenters. The minimum atomic E-state index is -0.754. The molecule has 9 heteroatoms. The largest absolute Gasteiger partial charge is 0.345 e. The van der Waals surface area contributed by atoms with Gasteiger partial charge in [-0.05, 0) is 69.7 Å². The molecule has 40 heavy (non-hydrogen) atoms. The van der Waals surface area contributed by atoms with E-state index in [9.17, 15) is 14.4 Å². The summed E-state index contributed by atoms with van der Waals surface area (Å²) in [7, 11) is 3.49. The fourth-order valence-electron chi connectivity index (χ4n) is 6.11. The van der Waals surface area contributed by atoms with Crippen molar-refractivity contribution in [2.75, 3.05) is 33.7 Å². The van der Waals surface area contributed by atoms with Crippen LogP contribution in [0.2, 0.25) is 0 Å². The van der Waals surface area contributed by atoms with Crippen molar-refractivity contribution in [2.45, 2.75) is 84.8 Å². The average Bonchev–Trinajstić information content (AvgIpc) is 3.20. The lowest BCUT2D eigenvalue weighted by atomic mass is 9.80. The molecule has 1 N–H and O–H groups in total. The van der Waals surface area contributed by atoms with E-state index < -0.39 is 11.6 Å². The summed E-state index contributed by atoms with van der Waals surface area (Å²) in [6, 6.07) is 7.12. The maximum Gasteiger partial charge on any atom is 0.253 e. The van der Waals surface area contributed by atoms with Crippen LogP contribution in [0.15, 0.2) is 24.3 Å². The lowest BCUT2D eigenvalue weighted by molar-refractivity contribution is -0.161. The van der Waals surface area contributed by atoms with Gasteiger partial charge in [0.2, 0.25) is 11.8 Å². The van der Waals surface area contributed by atoms with Gasteiger partial charge >= 0.3 is 0 Å². The summed E-state index contributed by atoms with van der Waals surface area (Å²) in [4.78, 5) is 45.2. The van der Waals surface area contributed by atoms with E-state index in [-0.39, 0.29) is 17.7 Å². The van der Waals surface area contributed by atoms with Crippen LogP contribution in [-0.4, -0.2) is 87.5 Å². The van der Waals surface area contributed by atoms with E-state index >= 15 is 0 Å². The van der Waals surface area contributed by atoms with Crippen molar-refractivity contribution in [3.63, 3.8) is 0 Å². The Morgan fingerprint density at radius 2 is 1.77 bits per heavy atom. The number of piperidine rings is 1. The number of aromatic nitrogens is 2. The van der Waals surface area contributed by atoms with Crippen molar-refractivity contribution in [1.82, 2.24) is 29.8 Å². The topological polar surface area (TPSA) is 90.8 Å². The summed E-state index contributed by atoms with van der Waals surface area (Å²) >= 11 is 0. The van der Waals surface area contributed by atoms with Gasteiger partial charge in [0, 0.05) is 57.1 Å². The second-order valence-corrected chi connectivity index (χ2v) is 12.1. The lowest BCUT2D eigenvalue weighted by Gasteiger charge is -2.52. The molecule has 3 heterocycles. The van der Waals surface area contributed by atoms with Crippen LogP contribution in [0, 0.1) is 19.8 Å². The zero-order valence-corrected chi connectivity index (χ0v) is 25.3. The van der Waals surface area contributed by atoms with Crippen molar-refractivity contribution in [2.24, 2.45) is 5.92 Å². The Hall–Kier alpha value is -3.20. The van der Waals surface area contributed by atoms with Crippen molar-refractivity contribution in [1.29, 1.82) is 0 Å². The van der Waals surface area contributed by atoms with E-state index in [1.165, 1.54) is 5.56 Å². The van der Waals surface area contributed by atoms with Crippen LogP contribution in [-0.2, 0) is 16.1 Å². The summed E-state index contributed by atoms with van der Waals surface area (Å²) in [5.74, 6) is 0.413. The first-order valence-electron chi connectivity index (χ1n) is 14.7. The molecule has 218 valence electrons. The fraction of sp³-hybridized carbons (Fsp3) is 0.613. The van der Waals surface area contributed by atoms with Gasteiger partial charge in [-0.3, -0.25) is 19.3 Å². The Kier molecular flexibility index (Phi) is 9.02. The maximum atomic E-state index is 13.6. The minimum absolute atomic E-state index is 0.0184. The minimum Gasteiger partial charge on any atom is -0.345 e. The highest BCUT2D eigenvalue weighted by Gasteiger charge is 2.53. The number of carbonyl (C=O) groups excluding carboxylic acids is 3. The number of unbranched alkanes of at least 4 members (excludes halogenated alkanes) is 1. The molecule has 1 spiro atoms. The van der Waals surface area contributed by atoms with Gasteiger partial charge in [-0.1, -0.05) is 27.2 Å². The van der Waals surface area contributed by atoms with Crippen molar-refractivity contribution in [3.05, 3.63) is 46.8 Å². The number of carbonyl (C=O) groups is 3. The standard InChI is InChI=1S/C31H46N6O3/c1-8-9-16-36-29(39)27(19-21(2)3)32-30(40)31(36)14-17-35(18-15-31)20-26-22(4)33-37(23(26)5)25-12-10-24(11-13-25)28(38)34(6)7/h10-13,21,27H,8-9,14-20H2,1-7H3,(H,32,40)/t27-/m0/s1. The highest BCUT2D eigenvalue weighted by atomic mass is 16.2. The number of rotatable bonds is 9. The van der Waals surface area contributed by atoms with Crippen LogP contribution in [0.25, 0.3) is 5.69 Å². The fourth-order valence-corrected chi connectivity index (χ4v) is 6.11. The van der Waals surface area contributed by atoms with Crippen LogP contribution < -0.4 is 5.32 Å². The number of piperazine rings is 1. The molecular weight excluding hydrogens is 504 g/mol. The highest BCUT2D eigenvalue weighted by molar-refractivity contribution is 6.00. The molecule has 1 atom stereocenters. The van der Waals surface area contributed by atoms with Gasteiger partial charge in [-0.15, -0.1) is 0 Å². The SMILES string of the molecule is CCCCN1C(=O)[C@H](CC(C)C)NC(=O)C12CCN(Cc1c(C)nn(-c3ccc(C(=O)N(C)C)cc3)c1C)CC2. The molecule has 0 radical (unpaired) electrons. The van der Waals surface area contributed by atoms with Crippen molar-refractivity contribution >= 4 is 17.7 Å². The summed E-state index contributed by atoms with van der Waals surface area (Å²) < 4.78 is 1.94. The molecule has 2 aromatic rings. The number of hydrogen-bond donors (Lipinski definition) is 1. The van der Waals surface area contributed by atoms with E-state index in [1.54, 1.807) is 19.0 Å². The van der Waals surface area contributed by atoms with Crippen LogP contribution >= 0.6 is 0 Å². The Bertz CT molecular complexity index is 1220.